The number of furan rings is 1. The highest BCUT2D eigenvalue weighted by Crippen LogP contribution is 2.20. The number of hydrogen-bond acceptors (Lipinski definition) is 5. The van der Waals surface area contributed by atoms with Gasteiger partial charge in [-0.25, -0.2) is 4.98 Å². The summed E-state index contributed by atoms with van der Waals surface area (Å²) in [6, 6.07) is 14.7. The van der Waals surface area contributed by atoms with Gasteiger partial charge in [-0.2, -0.15) is 4.52 Å². The lowest BCUT2D eigenvalue weighted by Crippen LogP contribution is -2.26. The molecule has 0 fully saturated rings. The number of hydrogen-bond donors (Lipinski definition) is 2. The first-order valence-electron chi connectivity index (χ1n) is 8.16. The smallest absolute Gasteiger partial charge is 0.252 e. The number of aromatic nitrogens is 3. The van der Waals surface area contributed by atoms with Crippen LogP contribution >= 0.6 is 0 Å². The molecule has 3 N–H and O–H groups in total. The first-order valence-corrected chi connectivity index (χ1v) is 8.16. The van der Waals surface area contributed by atoms with E-state index in [1.165, 1.54) is 4.52 Å². The molecule has 3 heterocycles. The van der Waals surface area contributed by atoms with Crippen molar-refractivity contribution in [1.82, 2.24) is 19.9 Å². The van der Waals surface area contributed by atoms with Crippen LogP contribution in [0.1, 0.15) is 28.9 Å². The van der Waals surface area contributed by atoms with Gasteiger partial charge in [0.25, 0.3) is 5.91 Å². The minimum atomic E-state index is -0.219. The standard InChI is InChI=1S/C19H17N5O2/c1-12(13-5-3-2-4-6-13)21-19(25)15-9-16(20)24-17(10-15)22-18(23-24)14-7-8-26-11-14/h2-12H,20H2,1H3,(H,21,25). The van der Waals surface area contributed by atoms with E-state index in [1.807, 2.05) is 37.3 Å². The second-order valence-electron chi connectivity index (χ2n) is 5.99. The van der Waals surface area contributed by atoms with Crippen LogP contribution < -0.4 is 11.1 Å². The molecule has 1 amide bonds. The molecule has 1 unspecified atom stereocenters. The van der Waals surface area contributed by atoms with E-state index in [1.54, 1.807) is 30.7 Å². The molecule has 0 aliphatic heterocycles. The fourth-order valence-corrected chi connectivity index (χ4v) is 2.76. The zero-order valence-electron chi connectivity index (χ0n) is 14.1. The molecule has 0 aliphatic rings. The number of rotatable bonds is 4. The van der Waals surface area contributed by atoms with E-state index in [2.05, 4.69) is 15.4 Å². The number of anilines is 1. The normalized spacial score (nSPS) is 12.2. The predicted molar refractivity (Wildman–Crippen MR) is 97.4 cm³/mol. The number of pyridine rings is 1. The number of benzene rings is 1. The summed E-state index contributed by atoms with van der Waals surface area (Å²) in [6.45, 7) is 1.93. The molecule has 4 rings (SSSR count). The Morgan fingerprint density at radius 3 is 2.77 bits per heavy atom. The average Bonchev–Trinajstić information content (AvgIpc) is 3.31. The molecule has 4 aromatic rings. The second-order valence-corrected chi connectivity index (χ2v) is 5.99. The molecule has 26 heavy (non-hydrogen) atoms. The van der Waals surface area contributed by atoms with Gasteiger partial charge in [-0.15, -0.1) is 5.10 Å². The van der Waals surface area contributed by atoms with E-state index in [0.29, 0.717) is 22.9 Å². The minimum Gasteiger partial charge on any atom is -0.472 e. The van der Waals surface area contributed by atoms with E-state index in [0.717, 1.165) is 11.1 Å². The number of amides is 1. The first kappa shape index (κ1) is 15.9. The van der Waals surface area contributed by atoms with Gasteiger partial charge in [0, 0.05) is 5.56 Å². The van der Waals surface area contributed by atoms with Crippen LogP contribution in [0.2, 0.25) is 0 Å². The van der Waals surface area contributed by atoms with Crippen molar-refractivity contribution in [3.8, 4) is 11.4 Å². The number of nitrogen functional groups attached to an aromatic ring is 1. The van der Waals surface area contributed by atoms with Crippen LogP contribution in [0.25, 0.3) is 17.0 Å². The lowest BCUT2D eigenvalue weighted by atomic mass is 10.1. The number of carbonyl (C=O) groups excluding carboxylic acids is 1. The van der Waals surface area contributed by atoms with Gasteiger partial charge in [0.15, 0.2) is 11.5 Å². The Hall–Kier alpha value is -3.61. The second kappa shape index (κ2) is 6.36. The zero-order valence-corrected chi connectivity index (χ0v) is 14.1. The van der Waals surface area contributed by atoms with Crippen LogP contribution in [-0.2, 0) is 0 Å². The van der Waals surface area contributed by atoms with Gasteiger partial charge in [0.05, 0.1) is 17.9 Å². The fraction of sp³-hybridized carbons (Fsp3) is 0.105. The van der Waals surface area contributed by atoms with Crippen LogP contribution in [0.4, 0.5) is 5.82 Å². The van der Waals surface area contributed by atoms with E-state index in [-0.39, 0.29) is 11.9 Å². The number of nitrogens with one attached hydrogen (secondary N) is 1. The molecule has 0 saturated heterocycles. The molecule has 3 aromatic heterocycles. The van der Waals surface area contributed by atoms with Crippen molar-refractivity contribution < 1.29 is 9.21 Å². The maximum absolute atomic E-state index is 12.6. The lowest BCUT2D eigenvalue weighted by molar-refractivity contribution is 0.0940. The van der Waals surface area contributed by atoms with Crippen molar-refractivity contribution in [2.75, 3.05) is 5.73 Å². The Morgan fingerprint density at radius 1 is 1.23 bits per heavy atom. The van der Waals surface area contributed by atoms with Gasteiger partial charge in [0.1, 0.15) is 12.1 Å². The molecule has 7 heteroatoms. The summed E-state index contributed by atoms with van der Waals surface area (Å²) in [4.78, 5) is 17.0. The van der Waals surface area contributed by atoms with Crippen molar-refractivity contribution >= 4 is 17.4 Å². The van der Waals surface area contributed by atoms with Crippen molar-refractivity contribution in [3.63, 3.8) is 0 Å². The highest BCUT2D eigenvalue weighted by Gasteiger charge is 2.16. The Bertz CT molecular complexity index is 1050. The third kappa shape index (κ3) is 2.90. The van der Waals surface area contributed by atoms with Crippen molar-refractivity contribution in [2.24, 2.45) is 0 Å². The van der Waals surface area contributed by atoms with Crippen LogP contribution in [0.15, 0.2) is 65.5 Å². The summed E-state index contributed by atoms with van der Waals surface area (Å²) in [7, 11) is 0. The van der Waals surface area contributed by atoms with Gasteiger partial charge >= 0.3 is 0 Å². The van der Waals surface area contributed by atoms with E-state index in [9.17, 15) is 4.79 Å². The molecule has 0 bridgehead atoms. The molecule has 0 saturated carbocycles. The monoisotopic (exact) mass is 347 g/mol. The molecule has 130 valence electrons. The summed E-state index contributed by atoms with van der Waals surface area (Å²) in [5.74, 6) is 0.603. The molecular formula is C19H17N5O2. The quantitative estimate of drug-likeness (QED) is 0.591. The lowest BCUT2D eigenvalue weighted by Gasteiger charge is -2.14. The maximum atomic E-state index is 12.6. The molecule has 7 nitrogen and oxygen atoms in total. The number of nitrogens with two attached hydrogens (primary N) is 1. The van der Waals surface area contributed by atoms with Gasteiger partial charge in [-0.05, 0) is 30.7 Å². The van der Waals surface area contributed by atoms with E-state index in [4.69, 9.17) is 10.2 Å². The third-order valence-electron chi connectivity index (χ3n) is 4.15. The Labute approximate surface area is 149 Å². The topological polar surface area (TPSA) is 98.5 Å². The summed E-state index contributed by atoms with van der Waals surface area (Å²) in [5.41, 5.74) is 8.77. The van der Waals surface area contributed by atoms with Gasteiger partial charge in [-0.3, -0.25) is 4.79 Å². The Morgan fingerprint density at radius 2 is 2.04 bits per heavy atom. The molecule has 1 aromatic carbocycles. The SMILES string of the molecule is CC(NC(=O)c1cc(N)n2nc(-c3ccoc3)nc2c1)c1ccccc1. The summed E-state index contributed by atoms with van der Waals surface area (Å²) < 4.78 is 6.56. The largest absolute Gasteiger partial charge is 0.472 e. The number of carbonyl (C=O) groups is 1. The van der Waals surface area contributed by atoms with Gasteiger partial charge < -0.3 is 15.5 Å². The average molecular weight is 347 g/mol. The van der Waals surface area contributed by atoms with Crippen LogP contribution in [0.5, 0.6) is 0 Å². The third-order valence-corrected chi connectivity index (χ3v) is 4.15. The van der Waals surface area contributed by atoms with Crippen molar-refractivity contribution in [1.29, 1.82) is 0 Å². The van der Waals surface area contributed by atoms with Gasteiger partial charge in [-0.1, -0.05) is 30.3 Å². The van der Waals surface area contributed by atoms with Gasteiger partial charge in [0.2, 0.25) is 0 Å². The fourth-order valence-electron chi connectivity index (χ4n) is 2.76. The maximum Gasteiger partial charge on any atom is 0.252 e. The highest BCUT2D eigenvalue weighted by atomic mass is 16.3. The molecule has 0 radical (unpaired) electrons. The molecule has 1 atom stereocenters. The highest BCUT2D eigenvalue weighted by molar-refractivity contribution is 5.96. The van der Waals surface area contributed by atoms with Crippen LogP contribution in [0.3, 0.4) is 0 Å². The van der Waals surface area contributed by atoms with Crippen LogP contribution in [-0.4, -0.2) is 20.5 Å². The predicted octanol–water partition coefficient (Wildman–Crippen LogP) is 3.06. The number of fused-ring (bicyclic) bond motifs is 1. The van der Waals surface area contributed by atoms with Crippen LogP contribution in [0, 0.1) is 0 Å². The molecule has 0 spiro atoms. The molecular weight excluding hydrogens is 330 g/mol. The Balaban J connectivity index is 1.63. The van der Waals surface area contributed by atoms with Crippen molar-refractivity contribution in [3.05, 3.63) is 72.2 Å². The Kier molecular flexibility index (Phi) is 3.89. The van der Waals surface area contributed by atoms with E-state index < -0.39 is 0 Å². The molecule has 0 aliphatic carbocycles. The summed E-state index contributed by atoms with van der Waals surface area (Å²) >= 11 is 0. The minimum absolute atomic E-state index is 0.125. The number of nitrogens with zero attached hydrogens (tertiary/aromatic N) is 3. The summed E-state index contributed by atoms with van der Waals surface area (Å²) in [6.07, 6.45) is 3.11. The summed E-state index contributed by atoms with van der Waals surface area (Å²) in [5, 5.41) is 7.32. The first-order chi connectivity index (χ1) is 12.6. The zero-order chi connectivity index (χ0) is 18.1. The van der Waals surface area contributed by atoms with Crippen molar-refractivity contribution in [2.45, 2.75) is 13.0 Å². The van der Waals surface area contributed by atoms with E-state index >= 15 is 0 Å².